The van der Waals surface area contributed by atoms with E-state index in [9.17, 15) is 4.79 Å². The topological polar surface area (TPSA) is 42.4 Å². The second kappa shape index (κ2) is 7.95. The van der Waals surface area contributed by atoms with Crippen LogP contribution in [-0.2, 0) is 17.6 Å². The third-order valence-electron chi connectivity index (χ3n) is 4.63. The van der Waals surface area contributed by atoms with Gasteiger partial charge in [-0.05, 0) is 54.5 Å². The number of hydrogen-bond donors (Lipinski definition) is 0. The Morgan fingerprint density at radius 2 is 2.08 bits per heavy atom. The molecule has 1 aromatic carbocycles. The fraction of sp³-hybridized carbons (Fsp3) is 0.400. The van der Waals surface area contributed by atoms with Crippen LogP contribution in [0.3, 0.4) is 0 Å². The van der Waals surface area contributed by atoms with Crippen molar-refractivity contribution in [2.75, 3.05) is 20.2 Å². The van der Waals surface area contributed by atoms with E-state index in [2.05, 4.69) is 11.1 Å². The van der Waals surface area contributed by atoms with Crippen LogP contribution in [0.4, 0.5) is 0 Å². The average Bonchev–Trinajstić information content (AvgIpc) is 2.63. The van der Waals surface area contributed by atoms with Crippen LogP contribution in [0.25, 0.3) is 0 Å². The molecule has 1 aliphatic rings. The molecule has 2 aromatic rings. The van der Waals surface area contributed by atoms with Crippen molar-refractivity contribution < 1.29 is 9.53 Å². The number of pyridine rings is 1. The van der Waals surface area contributed by atoms with Gasteiger partial charge < -0.3 is 9.64 Å². The molecule has 1 atom stereocenters. The third-order valence-corrected chi connectivity index (χ3v) is 4.63. The van der Waals surface area contributed by atoms with Gasteiger partial charge in [0.2, 0.25) is 5.91 Å². The molecule has 24 heavy (non-hydrogen) atoms. The molecule has 1 amide bonds. The second-order valence-corrected chi connectivity index (χ2v) is 6.44. The van der Waals surface area contributed by atoms with E-state index in [1.54, 1.807) is 13.3 Å². The highest BCUT2D eigenvalue weighted by Gasteiger charge is 2.23. The number of carbonyl (C=O) groups is 1. The highest BCUT2D eigenvalue weighted by Crippen LogP contribution is 2.21. The molecule has 3 rings (SSSR count). The van der Waals surface area contributed by atoms with Gasteiger partial charge in [-0.2, -0.15) is 0 Å². The van der Waals surface area contributed by atoms with Gasteiger partial charge in [0.05, 0.1) is 13.5 Å². The molecule has 1 aromatic heterocycles. The van der Waals surface area contributed by atoms with Gasteiger partial charge in [0.1, 0.15) is 5.75 Å². The summed E-state index contributed by atoms with van der Waals surface area (Å²) in [6, 6.07) is 11.8. The maximum absolute atomic E-state index is 12.6. The number of carbonyl (C=O) groups excluding carboxylic acids is 1. The molecule has 2 heterocycles. The molecule has 0 radical (unpaired) electrons. The van der Waals surface area contributed by atoms with Gasteiger partial charge in [0.15, 0.2) is 0 Å². The minimum atomic E-state index is 0.219. The standard InChI is InChI=1S/C20H24N2O2/c1-24-19-8-6-16(7-9-19)13-20(23)22-11-3-5-18(15-22)12-17-4-2-10-21-14-17/h2,4,6-10,14,18H,3,5,11-13,15H2,1H3. The Balaban J connectivity index is 1.56. The first-order valence-corrected chi connectivity index (χ1v) is 8.54. The van der Waals surface area contributed by atoms with Gasteiger partial charge in [-0.3, -0.25) is 9.78 Å². The summed E-state index contributed by atoms with van der Waals surface area (Å²) in [6.07, 6.45) is 7.46. The molecule has 1 saturated heterocycles. The minimum Gasteiger partial charge on any atom is -0.497 e. The fourth-order valence-corrected chi connectivity index (χ4v) is 3.34. The first-order chi connectivity index (χ1) is 11.7. The number of likely N-dealkylation sites (tertiary alicyclic amines) is 1. The smallest absolute Gasteiger partial charge is 0.226 e. The molecule has 1 unspecified atom stereocenters. The molecular weight excluding hydrogens is 300 g/mol. The summed E-state index contributed by atoms with van der Waals surface area (Å²) in [6.45, 7) is 1.72. The summed E-state index contributed by atoms with van der Waals surface area (Å²) in [7, 11) is 1.65. The van der Waals surface area contributed by atoms with Crippen molar-refractivity contribution in [3.63, 3.8) is 0 Å². The predicted octanol–water partition coefficient (Wildman–Crippen LogP) is 3.11. The first-order valence-electron chi connectivity index (χ1n) is 8.54. The largest absolute Gasteiger partial charge is 0.497 e. The van der Waals surface area contributed by atoms with Gasteiger partial charge in [-0.15, -0.1) is 0 Å². The number of benzene rings is 1. The van der Waals surface area contributed by atoms with Crippen molar-refractivity contribution >= 4 is 5.91 Å². The van der Waals surface area contributed by atoms with Crippen LogP contribution >= 0.6 is 0 Å². The van der Waals surface area contributed by atoms with E-state index in [1.807, 2.05) is 41.4 Å². The molecule has 0 N–H and O–H groups in total. The molecule has 4 nitrogen and oxygen atoms in total. The Bertz CT molecular complexity index is 655. The number of amides is 1. The van der Waals surface area contributed by atoms with Gasteiger partial charge in [0, 0.05) is 25.5 Å². The second-order valence-electron chi connectivity index (χ2n) is 6.44. The lowest BCUT2D eigenvalue weighted by Gasteiger charge is -2.33. The normalized spacial score (nSPS) is 17.5. The van der Waals surface area contributed by atoms with Crippen LogP contribution in [0.5, 0.6) is 5.75 Å². The van der Waals surface area contributed by atoms with Crippen molar-refractivity contribution in [2.24, 2.45) is 5.92 Å². The van der Waals surface area contributed by atoms with Crippen molar-refractivity contribution in [3.8, 4) is 5.75 Å². The van der Waals surface area contributed by atoms with E-state index < -0.39 is 0 Å². The van der Waals surface area contributed by atoms with E-state index >= 15 is 0 Å². The Hall–Kier alpha value is -2.36. The maximum atomic E-state index is 12.6. The Morgan fingerprint density at radius 1 is 1.25 bits per heavy atom. The highest BCUT2D eigenvalue weighted by molar-refractivity contribution is 5.78. The van der Waals surface area contributed by atoms with E-state index in [0.717, 1.165) is 37.2 Å². The zero-order chi connectivity index (χ0) is 16.8. The number of aromatic nitrogens is 1. The van der Waals surface area contributed by atoms with Crippen LogP contribution in [0.15, 0.2) is 48.8 Å². The lowest BCUT2D eigenvalue weighted by molar-refractivity contribution is -0.132. The number of methoxy groups -OCH3 is 1. The summed E-state index contributed by atoms with van der Waals surface area (Å²) in [4.78, 5) is 18.8. The Labute approximate surface area is 143 Å². The number of nitrogens with zero attached hydrogens (tertiary/aromatic N) is 2. The molecule has 1 aliphatic heterocycles. The van der Waals surface area contributed by atoms with Gasteiger partial charge in [-0.25, -0.2) is 0 Å². The summed E-state index contributed by atoms with van der Waals surface area (Å²) >= 11 is 0. The van der Waals surface area contributed by atoms with Crippen molar-refractivity contribution in [1.82, 2.24) is 9.88 Å². The Morgan fingerprint density at radius 3 is 2.79 bits per heavy atom. The molecule has 0 spiro atoms. The highest BCUT2D eigenvalue weighted by atomic mass is 16.5. The summed E-state index contributed by atoms with van der Waals surface area (Å²) < 4.78 is 5.16. The lowest BCUT2D eigenvalue weighted by atomic mass is 9.91. The van der Waals surface area contributed by atoms with Crippen molar-refractivity contribution in [3.05, 3.63) is 59.9 Å². The molecule has 4 heteroatoms. The van der Waals surface area contributed by atoms with Gasteiger partial charge >= 0.3 is 0 Å². The quantitative estimate of drug-likeness (QED) is 0.849. The zero-order valence-corrected chi connectivity index (χ0v) is 14.1. The van der Waals surface area contributed by atoms with E-state index in [4.69, 9.17) is 4.74 Å². The van der Waals surface area contributed by atoms with Crippen molar-refractivity contribution in [1.29, 1.82) is 0 Å². The SMILES string of the molecule is COc1ccc(CC(=O)N2CCCC(Cc3cccnc3)C2)cc1. The maximum Gasteiger partial charge on any atom is 0.226 e. The molecule has 126 valence electrons. The molecule has 0 aliphatic carbocycles. The van der Waals surface area contributed by atoms with Crippen LogP contribution < -0.4 is 4.74 Å². The monoisotopic (exact) mass is 324 g/mol. The van der Waals surface area contributed by atoms with Crippen LogP contribution in [0.2, 0.25) is 0 Å². The Kier molecular flexibility index (Phi) is 5.47. The van der Waals surface area contributed by atoms with Crippen molar-refractivity contribution in [2.45, 2.75) is 25.7 Å². The number of hydrogen-bond acceptors (Lipinski definition) is 3. The van der Waals surface area contributed by atoms with E-state index in [1.165, 1.54) is 12.0 Å². The number of ether oxygens (including phenoxy) is 1. The number of piperidine rings is 1. The molecule has 0 bridgehead atoms. The minimum absolute atomic E-state index is 0.219. The van der Waals surface area contributed by atoms with Crippen LogP contribution in [0.1, 0.15) is 24.0 Å². The van der Waals surface area contributed by atoms with Gasteiger partial charge in [-0.1, -0.05) is 18.2 Å². The summed E-state index contributed by atoms with van der Waals surface area (Å²) in [5, 5.41) is 0. The van der Waals surface area contributed by atoms with Crippen LogP contribution in [0, 0.1) is 5.92 Å². The third kappa shape index (κ3) is 4.34. The van der Waals surface area contributed by atoms with E-state index in [-0.39, 0.29) is 5.91 Å². The molecular formula is C20H24N2O2. The lowest BCUT2D eigenvalue weighted by Crippen LogP contribution is -2.41. The molecule has 0 saturated carbocycles. The number of rotatable bonds is 5. The summed E-state index contributed by atoms with van der Waals surface area (Å²) in [5.74, 6) is 1.57. The predicted molar refractivity (Wildman–Crippen MR) is 93.9 cm³/mol. The fourth-order valence-electron chi connectivity index (χ4n) is 3.34. The van der Waals surface area contributed by atoms with Gasteiger partial charge in [0.25, 0.3) is 0 Å². The average molecular weight is 324 g/mol. The molecule has 1 fully saturated rings. The first kappa shape index (κ1) is 16.5. The zero-order valence-electron chi connectivity index (χ0n) is 14.1. The van der Waals surface area contributed by atoms with Crippen LogP contribution in [-0.4, -0.2) is 36.0 Å². The summed E-state index contributed by atoms with van der Waals surface area (Å²) in [5.41, 5.74) is 2.29. The van der Waals surface area contributed by atoms with E-state index in [0.29, 0.717) is 12.3 Å².